The lowest BCUT2D eigenvalue weighted by Crippen LogP contribution is -2.44. The van der Waals surface area contributed by atoms with E-state index in [0.717, 1.165) is 37.3 Å². The molecule has 2 saturated heterocycles. The van der Waals surface area contributed by atoms with E-state index in [4.69, 9.17) is 4.74 Å². The van der Waals surface area contributed by atoms with Crippen LogP contribution in [0.25, 0.3) is 0 Å². The van der Waals surface area contributed by atoms with Crippen LogP contribution in [0.3, 0.4) is 0 Å². The van der Waals surface area contributed by atoms with Crippen LogP contribution in [0, 0.1) is 0 Å². The van der Waals surface area contributed by atoms with Gasteiger partial charge in [0.1, 0.15) is 5.54 Å². The Bertz CT molecular complexity index is 785. The largest absolute Gasteiger partial charge is 0.378 e. The molecule has 0 unspecified atom stereocenters. The number of ether oxygens (including phenoxy) is 1. The van der Waals surface area contributed by atoms with E-state index in [2.05, 4.69) is 15.5 Å². The molecule has 1 spiro atoms. The fourth-order valence-electron chi connectivity index (χ4n) is 4.42. The number of nitrogens with zero attached hydrogens (tertiary/aromatic N) is 2. The predicted octanol–water partition coefficient (Wildman–Crippen LogP) is 2.11. The Morgan fingerprint density at radius 1 is 1.17 bits per heavy atom. The minimum atomic E-state index is -0.681. The molecule has 29 heavy (non-hydrogen) atoms. The maximum absolute atomic E-state index is 12.6. The number of hydrogen-bond acceptors (Lipinski definition) is 5. The summed E-state index contributed by atoms with van der Waals surface area (Å²) in [5, 5.41) is 5.78. The van der Waals surface area contributed by atoms with Crippen molar-refractivity contribution in [3.63, 3.8) is 0 Å². The summed E-state index contributed by atoms with van der Waals surface area (Å²) in [4.78, 5) is 40.6. The van der Waals surface area contributed by atoms with Crippen molar-refractivity contribution in [3.05, 3.63) is 24.3 Å². The number of rotatable bonds is 6. The molecule has 8 nitrogen and oxygen atoms in total. The van der Waals surface area contributed by atoms with Crippen LogP contribution < -0.4 is 15.5 Å². The summed E-state index contributed by atoms with van der Waals surface area (Å²) in [5.74, 6) is -0.245. The Labute approximate surface area is 170 Å². The van der Waals surface area contributed by atoms with Crippen molar-refractivity contribution in [1.82, 2.24) is 10.2 Å². The third kappa shape index (κ3) is 4.22. The number of hydrogen-bond donors (Lipinski definition) is 2. The van der Waals surface area contributed by atoms with Gasteiger partial charge in [-0.05, 0) is 37.5 Å². The minimum Gasteiger partial charge on any atom is -0.378 e. The van der Waals surface area contributed by atoms with E-state index in [1.807, 2.05) is 24.3 Å². The average Bonchev–Trinajstić information content (AvgIpc) is 3.29. The fraction of sp³-hybridized carbons (Fsp3) is 0.571. The molecule has 1 aromatic carbocycles. The van der Waals surface area contributed by atoms with E-state index < -0.39 is 5.54 Å². The molecule has 2 heterocycles. The molecule has 0 atom stereocenters. The Kier molecular flexibility index (Phi) is 5.71. The molecule has 1 saturated carbocycles. The van der Waals surface area contributed by atoms with Gasteiger partial charge >= 0.3 is 6.03 Å². The van der Waals surface area contributed by atoms with Crippen LogP contribution in [0.4, 0.5) is 16.2 Å². The van der Waals surface area contributed by atoms with Crippen LogP contribution in [0.5, 0.6) is 0 Å². The molecule has 3 fully saturated rings. The van der Waals surface area contributed by atoms with E-state index in [1.165, 1.54) is 4.90 Å². The van der Waals surface area contributed by atoms with Crippen molar-refractivity contribution < 1.29 is 19.1 Å². The number of morpholine rings is 1. The maximum Gasteiger partial charge on any atom is 0.325 e. The number of imide groups is 1. The Hall–Kier alpha value is -2.61. The van der Waals surface area contributed by atoms with Gasteiger partial charge in [0.05, 0.1) is 13.2 Å². The lowest BCUT2D eigenvalue weighted by Gasteiger charge is -2.29. The van der Waals surface area contributed by atoms with Gasteiger partial charge in [0, 0.05) is 37.4 Å². The van der Waals surface area contributed by atoms with Gasteiger partial charge in [0.25, 0.3) is 5.91 Å². The van der Waals surface area contributed by atoms with Crippen LogP contribution in [-0.2, 0) is 14.3 Å². The van der Waals surface area contributed by atoms with Crippen LogP contribution in [0.1, 0.15) is 38.5 Å². The summed E-state index contributed by atoms with van der Waals surface area (Å²) in [6, 6.07) is 7.45. The minimum absolute atomic E-state index is 0.119. The zero-order chi connectivity index (χ0) is 20.3. The second-order valence-corrected chi connectivity index (χ2v) is 7.98. The van der Waals surface area contributed by atoms with E-state index in [0.29, 0.717) is 32.5 Å². The topological polar surface area (TPSA) is 91.0 Å². The molecule has 4 rings (SSSR count). The lowest BCUT2D eigenvalue weighted by atomic mass is 9.98. The van der Waals surface area contributed by atoms with Gasteiger partial charge < -0.3 is 20.3 Å². The third-order valence-corrected chi connectivity index (χ3v) is 5.99. The van der Waals surface area contributed by atoms with Crippen molar-refractivity contribution in [2.24, 2.45) is 0 Å². The van der Waals surface area contributed by atoms with Crippen LogP contribution in [-0.4, -0.2) is 61.1 Å². The standard InChI is InChI=1S/C21H28N4O4/c26-18(22-16-5-3-6-17(15-16)24-11-13-29-14-12-24)7-4-10-25-19(27)21(23-20(25)28)8-1-2-9-21/h3,5-6,15H,1-2,4,7-14H2,(H,22,26)(H,23,28). The van der Waals surface area contributed by atoms with Crippen molar-refractivity contribution >= 4 is 29.2 Å². The molecule has 2 aliphatic heterocycles. The van der Waals surface area contributed by atoms with Crippen molar-refractivity contribution in [2.75, 3.05) is 43.1 Å². The predicted molar refractivity (Wildman–Crippen MR) is 109 cm³/mol. The first-order valence-electron chi connectivity index (χ1n) is 10.4. The molecular formula is C21H28N4O4. The highest BCUT2D eigenvalue weighted by Gasteiger charge is 2.52. The number of amides is 4. The van der Waals surface area contributed by atoms with E-state index in [9.17, 15) is 14.4 Å². The second-order valence-electron chi connectivity index (χ2n) is 7.98. The molecule has 1 aliphatic carbocycles. The summed E-state index contributed by atoms with van der Waals surface area (Å²) in [6.07, 6.45) is 4.07. The van der Waals surface area contributed by atoms with Crippen molar-refractivity contribution in [1.29, 1.82) is 0 Å². The highest BCUT2D eigenvalue weighted by atomic mass is 16.5. The molecule has 0 aromatic heterocycles. The van der Waals surface area contributed by atoms with E-state index in [1.54, 1.807) is 0 Å². The molecule has 1 aromatic rings. The fourth-order valence-corrected chi connectivity index (χ4v) is 4.42. The zero-order valence-electron chi connectivity index (χ0n) is 16.6. The zero-order valence-corrected chi connectivity index (χ0v) is 16.6. The summed E-state index contributed by atoms with van der Waals surface area (Å²) in [6.45, 7) is 3.37. The van der Waals surface area contributed by atoms with Gasteiger partial charge in [-0.15, -0.1) is 0 Å². The first-order chi connectivity index (χ1) is 14.1. The monoisotopic (exact) mass is 400 g/mol. The average molecular weight is 400 g/mol. The first kappa shape index (κ1) is 19.7. The third-order valence-electron chi connectivity index (χ3n) is 5.99. The summed E-state index contributed by atoms with van der Waals surface area (Å²) < 4.78 is 5.38. The highest BCUT2D eigenvalue weighted by molar-refractivity contribution is 6.07. The summed E-state index contributed by atoms with van der Waals surface area (Å²) in [5.41, 5.74) is 1.13. The van der Waals surface area contributed by atoms with Gasteiger partial charge in [-0.25, -0.2) is 4.79 Å². The molecule has 0 radical (unpaired) electrons. The van der Waals surface area contributed by atoms with Gasteiger partial charge in [-0.2, -0.15) is 0 Å². The molecule has 0 bridgehead atoms. The molecule has 3 aliphatic rings. The first-order valence-corrected chi connectivity index (χ1v) is 10.4. The number of carbonyl (C=O) groups excluding carboxylic acids is 3. The molecule has 8 heteroatoms. The van der Waals surface area contributed by atoms with Gasteiger partial charge in [0.2, 0.25) is 5.91 Å². The van der Waals surface area contributed by atoms with Gasteiger partial charge in [-0.1, -0.05) is 18.9 Å². The van der Waals surface area contributed by atoms with E-state index >= 15 is 0 Å². The normalized spacial score (nSPS) is 21.0. The van der Waals surface area contributed by atoms with Crippen LogP contribution in [0.2, 0.25) is 0 Å². The molecular weight excluding hydrogens is 372 g/mol. The Balaban J connectivity index is 1.26. The number of carbonyl (C=O) groups is 3. The Morgan fingerprint density at radius 2 is 1.93 bits per heavy atom. The SMILES string of the molecule is O=C(CCCN1C(=O)NC2(CCCC2)C1=O)Nc1cccc(N2CCOCC2)c1. The quantitative estimate of drug-likeness (QED) is 0.714. The van der Waals surface area contributed by atoms with Gasteiger partial charge in [-0.3, -0.25) is 14.5 Å². The molecule has 156 valence electrons. The molecule has 2 N–H and O–H groups in total. The smallest absolute Gasteiger partial charge is 0.325 e. The molecule has 4 amide bonds. The lowest BCUT2D eigenvalue weighted by molar-refractivity contribution is -0.131. The van der Waals surface area contributed by atoms with Crippen LogP contribution >= 0.6 is 0 Å². The second kappa shape index (κ2) is 8.41. The van der Waals surface area contributed by atoms with Crippen molar-refractivity contribution in [2.45, 2.75) is 44.1 Å². The van der Waals surface area contributed by atoms with Crippen molar-refractivity contribution in [3.8, 4) is 0 Å². The van der Waals surface area contributed by atoms with E-state index in [-0.39, 0.29) is 30.8 Å². The maximum atomic E-state index is 12.6. The highest BCUT2D eigenvalue weighted by Crippen LogP contribution is 2.35. The summed E-state index contributed by atoms with van der Waals surface area (Å²) >= 11 is 0. The Morgan fingerprint density at radius 3 is 2.69 bits per heavy atom. The number of urea groups is 1. The number of anilines is 2. The summed E-state index contributed by atoms with van der Waals surface area (Å²) in [7, 11) is 0. The number of nitrogens with one attached hydrogen (secondary N) is 2. The van der Waals surface area contributed by atoms with Gasteiger partial charge in [0.15, 0.2) is 0 Å². The number of benzene rings is 1. The van der Waals surface area contributed by atoms with Crippen LogP contribution in [0.15, 0.2) is 24.3 Å².